The molecule has 5 nitrogen and oxygen atoms in total. The molecule has 120 valence electrons. The van der Waals surface area contributed by atoms with Gasteiger partial charge in [0.15, 0.2) is 0 Å². The zero-order valence-corrected chi connectivity index (χ0v) is 13.7. The van der Waals surface area contributed by atoms with Crippen molar-refractivity contribution in [3.63, 3.8) is 0 Å². The third kappa shape index (κ3) is 5.84. The van der Waals surface area contributed by atoms with Crippen LogP contribution in [0.15, 0.2) is 53.4 Å². The number of rotatable bonds is 6. The van der Waals surface area contributed by atoms with Gasteiger partial charge in [-0.15, -0.1) is 11.8 Å². The van der Waals surface area contributed by atoms with Crippen molar-refractivity contribution in [1.29, 1.82) is 0 Å². The molecule has 0 spiro atoms. The first-order chi connectivity index (χ1) is 11.0. The lowest BCUT2D eigenvalue weighted by molar-refractivity contribution is 0.0530. The summed E-state index contributed by atoms with van der Waals surface area (Å²) >= 11 is 7.38. The topological polar surface area (TPSA) is 81.4 Å². The Morgan fingerprint density at radius 3 is 2.61 bits per heavy atom. The van der Waals surface area contributed by atoms with Gasteiger partial charge in [0.25, 0.3) is 0 Å². The molecule has 2 aromatic rings. The lowest BCUT2D eigenvalue weighted by Crippen LogP contribution is -2.19. The van der Waals surface area contributed by atoms with Crippen molar-refractivity contribution in [2.75, 3.05) is 17.7 Å². The number of carbonyl (C=O) groups is 2. The first-order valence-electron chi connectivity index (χ1n) is 6.76. The van der Waals surface area contributed by atoms with Crippen LogP contribution in [0.25, 0.3) is 0 Å². The summed E-state index contributed by atoms with van der Waals surface area (Å²) in [6, 6.07) is 13.2. The van der Waals surface area contributed by atoms with Crippen molar-refractivity contribution >= 4 is 41.1 Å². The van der Waals surface area contributed by atoms with Gasteiger partial charge in [-0.1, -0.05) is 17.7 Å². The largest absolute Gasteiger partial charge is 0.461 e. The Kier molecular flexibility index (Phi) is 6.31. The minimum absolute atomic E-state index is 0.277. The third-order valence-corrected chi connectivity index (χ3v) is 3.99. The van der Waals surface area contributed by atoms with Crippen LogP contribution in [0, 0.1) is 0 Å². The number of esters is 1. The van der Waals surface area contributed by atoms with Crippen LogP contribution in [-0.2, 0) is 4.74 Å². The normalized spacial score (nSPS) is 10.1. The number of hydrogen-bond acceptors (Lipinski definition) is 4. The van der Waals surface area contributed by atoms with Crippen molar-refractivity contribution < 1.29 is 14.3 Å². The van der Waals surface area contributed by atoms with E-state index in [1.54, 1.807) is 30.0 Å². The highest BCUT2D eigenvalue weighted by atomic mass is 35.5. The number of thioether (sulfide) groups is 1. The lowest BCUT2D eigenvalue weighted by atomic mass is 10.2. The van der Waals surface area contributed by atoms with Crippen LogP contribution in [0.2, 0.25) is 5.02 Å². The lowest BCUT2D eigenvalue weighted by Gasteiger charge is -2.07. The Hall–Kier alpha value is -2.18. The maximum Gasteiger partial charge on any atom is 0.338 e. The van der Waals surface area contributed by atoms with Crippen LogP contribution in [-0.4, -0.2) is 24.4 Å². The van der Waals surface area contributed by atoms with Crippen LogP contribution < -0.4 is 11.1 Å². The zero-order chi connectivity index (χ0) is 16.7. The minimum atomic E-state index is -0.685. The molecule has 0 aliphatic rings. The number of hydrogen-bond donors (Lipinski definition) is 2. The van der Waals surface area contributed by atoms with E-state index < -0.39 is 12.0 Å². The van der Waals surface area contributed by atoms with Crippen molar-refractivity contribution in [1.82, 2.24) is 0 Å². The van der Waals surface area contributed by atoms with Crippen molar-refractivity contribution in [3.05, 3.63) is 59.1 Å². The quantitative estimate of drug-likeness (QED) is 0.472. The second-order valence-electron chi connectivity index (χ2n) is 4.51. The first kappa shape index (κ1) is 17.2. The summed E-state index contributed by atoms with van der Waals surface area (Å²) in [4.78, 5) is 23.8. The van der Waals surface area contributed by atoms with Gasteiger partial charge in [-0.2, -0.15) is 0 Å². The zero-order valence-electron chi connectivity index (χ0n) is 12.1. The molecule has 0 aliphatic carbocycles. The smallest absolute Gasteiger partial charge is 0.338 e. The fraction of sp³-hybridized carbons (Fsp3) is 0.125. The Labute approximate surface area is 143 Å². The third-order valence-electron chi connectivity index (χ3n) is 2.76. The van der Waals surface area contributed by atoms with Gasteiger partial charge in [-0.05, 0) is 42.5 Å². The average Bonchev–Trinajstić information content (AvgIpc) is 2.52. The highest BCUT2D eigenvalue weighted by molar-refractivity contribution is 7.99. The first-order valence-corrected chi connectivity index (χ1v) is 8.13. The number of amides is 2. The molecule has 0 saturated heterocycles. The molecule has 2 amide bonds. The molecule has 0 saturated carbocycles. The van der Waals surface area contributed by atoms with Crippen LogP contribution >= 0.6 is 23.4 Å². The molecular weight excluding hydrogens is 336 g/mol. The standard InChI is InChI=1S/C16H15ClN2O3S/c17-12-4-6-14(7-5-12)23-9-8-22-15(20)11-2-1-3-13(10-11)19-16(18)21/h1-7,10H,8-9H2,(H3,18,19,21). The Morgan fingerprint density at radius 2 is 1.91 bits per heavy atom. The van der Waals surface area contributed by atoms with E-state index in [-0.39, 0.29) is 6.61 Å². The molecule has 3 N–H and O–H groups in total. The predicted octanol–water partition coefficient (Wildman–Crippen LogP) is 3.78. The van der Waals surface area contributed by atoms with E-state index in [1.807, 2.05) is 24.3 Å². The molecule has 0 bridgehead atoms. The number of carbonyl (C=O) groups excluding carboxylic acids is 2. The molecule has 23 heavy (non-hydrogen) atoms. The summed E-state index contributed by atoms with van der Waals surface area (Å²) in [6.07, 6.45) is 0. The molecule has 0 atom stereocenters. The number of ether oxygens (including phenoxy) is 1. The Balaban J connectivity index is 1.80. The molecule has 0 radical (unpaired) electrons. The van der Waals surface area contributed by atoms with E-state index >= 15 is 0 Å². The number of urea groups is 1. The van der Waals surface area contributed by atoms with E-state index in [0.29, 0.717) is 22.0 Å². The summed E-state index contributed by atoms with van der Waals surface area (Å²) in [7, 11) is 0. The maximum absolute atomic E-state index is 11.9. The van der Waals surface area contributed by atoms with Crippen molar-refractivity contribution in [3.8, 4) is 0 Å². The number of anilines is 1. The van der Waals surface area contributed by atoms with Gasteiger partial charge in [0, 0.05) is 21.4 Å². The summed E-state index contributed by atoms with van der Waals surface area (Å²) in [6.45, 7) is 0.277. The number of benzene rings is 2. The monoisotopic (exact) mass is 350 g/mol. The average molecular weight is 351 g/mol. The van der Waals surface area contributed by atoms with Crippen molar-refractivity contribution in [2.45, 2.75) is 4.90 Å². The van der Waals surface area contributed by atoms with E-state index in [0.717, 1.165) is 4.90 Å². The Bertz CT molecular complexity index is 692. The molecule has 0 heterocycles. The molecule has 2 aromatic carbocycles. The van der Waals surface area contributed by atoms with Gasteiger partial charge in [0.05, 0.1) is 5.56 Å². The summed E-state index contributed by atoms with van der Waals surface area (Å²) < 4.78 is 5.20. The van der Waals surface area contributed by atoms with Crippen LogP contribution in [0.5, 0.6) is 0 Å². The molecule has 0 aliphatic heterocycles. The molecule has 0 unspecified atom stereocenters. The second kappa shape index (κ2) is 8.45. The minimum Gasteiger partial charge on any atom is -0.461 e. The van der Waals surface area contributed by atoms with Gasteiger partial charge < -0.3 is 15.8 Å². The van der Waals surface area contributed by atoms with E-state index in [2.05, 4.69) is 5.32 Å². The number of nitrogens with one attached hydrogen (secondary N) is 1. The van der Waals surface area contributed by atoms with Crippen LogP contribution in [0.4, 0.5) is 10.5 Å². The summed E-state index contributed by atoms with van der Waals surface area (Å²) in [5, 5.41) is 3.09. The highest BCUT2D eigenvalue weighted by Gasteiger charge is 2.08. The second-order valence-corrected chi connectivity index (χ2v) is 6.11. The fourth-order valence-corrected chi connectivity index (χ4v) is 2.63. The van der Waals surface area contributed by atoms with Crippen LogP contribution in [0.1, 0.15) is 10.4 Å². The van der Waals surface area contributed by atoms with Gasteiger partial charge in [0.2, 0.25) is 0 Å². The summed E-state index contributed by atoms with van der Waals surface area (Å²) in [5.74, 6) is 0.182. The van der Waals surface area contributed by atoms with E-state index in [1.165, 1.54) is 6.07 Å². The molecule has 0 aromatic heterocycles. The molecule has 2 rings (SSSR count). The maximum atomic E-state index is 11.9. The van der Waals surface area contributed by atoms with Gasteiger partial charge in [0.1, 0.15) is 6.61 Å². The van der Waals surface area contributed by atoms with E-state index in [9.17, 15) is 9.59 Å². The van der Waals surface area contributed by atoms with Gasteiger partial charge in [-0.25, -0.2) is 9.59 Å². The fourth-order valence-electron chi connectivity index (χ4n) is 1.77. The number of nitrogens with two attached hydrogens (primary N) is 1. The number of primary amides is 1. The van der Waals surface area contributed by atoms with Gasteiger partial charge in [-0.3, -0.25) is 0 Å². The molecule has 7 heteroatoms. The van der Waals surface area contributed by atoms with Crippen molar-refractivity contribution in [2.24, 2.45) is 5.73 Å². The van der Waals surface area contributed by atoms with E-state index in [4.69, 9.17) is 22.1 Å². The summed E-state index contributed by atoms with van der Waals surface area (Å²) in [5.41, 5.74) is 5.84. The van der Waals surface area contributed by atoms with Gasteiger partial charge >= 0.3 is 12.0 Å². The Morgan fingerprint density at radius 1 is 1.17 bits per heavy atom. The SMILES string of the molecule is NC(=O)Nc1cccc(C(=O)OCCSc2ccc(Cl)cc2)c1. The molecule has 0 fully saturated rings. The highest BCUT2D eigenvalue weighted by Crippen LogP contribution is 2.20. The van der Waals surface area contributed by atoms with Crippen LogP contribution in [0.3, 0.4) is 0 Å². The predicted molar refractivity (Wildman–Crippen MR) is 92.1 cm³/mol. The number of halogens is 1. The molecular formula is C16H15ClN2O3S.